The number of benzene rings is 2. The van der Waals surface area contributed by atoms with Gasteiger partial charge in [-0.25, -0.2) is 8.42 Å². The van der Waals surface area contributed by atoms with Gasteiger partial charge in [0.2, 0.25) is 5.91 Å². The number of rotatable bonds is 8. The number of aromatic nitrogens is 2. The van der Waals surface area contributed by atoms with Crippen LogP contribution in [0.15, 0.2) is 72.4 Å². The molecule has 0 saturated carbocycles. The lowest BCUT2D eigenvalue weighted by Crippen LogP contribution is -2.16. The topological polar surface area (TPSA) is 105 Å². The van der Waals surface area contributed by atoms with Crippen LogP contribution in [-0.4, -0.2) is 29.9 Å². The van der Waals surface area contributed by atoms with Gasteiger partial charge >= 0.3 is 0 Å². The molecule has 2 aromatic carbocycles. The first-order chi connectivity index (χ1) is 14.4. The number of nitrogens with zero attached hydrogens (tertiary/aromatic N) is 3. The Labute approximate surface area is 175 Å². The highest BCUT2D eigenvalue weighted by Gasteiger charge is 2.11. The van der Waals surface area contributed by atoms with E-state index in [0.717, 1.165) is 16.5 Å². The Morgan fingerprint density at radius 1 is 1.17 bits per heavy atom. The van der Waals surface area contributed by atoms with Crippen molar-refractivity contribution in [1.82, 2.24) is 9.78 Å². The molecule has 8 heteroatoms. The Morgan fingerprint density at radius 2 is 1.97 bits per heavy atom. The van der Waals surface area contributed by atoms with E-state index in [4.69, 9.17) is 5.26 Å². The molecule has 3 rings (SSSR count). The summed E-state index contributed by atoms with van der Waals surface area (Å²) in [5, 5.41) is 16.9. The number of anilines is 1. The van der Waals surface area contributed by atoms with Gasteiger partial charge in [-0.3, -0.25) is 9.48 Å². The van der Waals surface area contributed by atoms with Crippen LogP contribution in [0.1, 0.15) is 23.1 Å². The molecule has 1 heterocycles. The SMILES string of the molecule is N#Cc1cccc(Cn2cc(NC(=O)CCS(=O)(=O)C=Cc3ccccc3)cn2)c1. The normalized spacial score (nSPS) is 11.3. The van der Waals surface area contributed by atoms with Crippen LogP contribution in [0.3, 0.4) is 0 Å². The Hall–Kier alpha value is -3.70. The first kappa shape index (κ1) is 21.0. The second-order valence-electron chi connectivity index (χ2n) is 6.62. The predicted octanol–water partition coefficient (Wildman–Crippen LogP) is 3.22. The first-order valence-corrected chi connectivity index (χ1v) is 10.9. The molecular formula is C22H20N4O3S. The minimum atomic E-state index is -3.50. The smallest absolute Gasteiger partial charge is 0.225 e. The zero-order valence-corrected chi connectivity index (χ0v) is 16.9. The van der Waals surface area contributed by atoms with Crippen molar-refractivity contribution >= 4 is 27.5 Å². The van der Waals surface area contributed by atoms with E-state index in [1.165, 1.54) is 12.3 Å². The largest absolute Gasteiger partial charge is 0.323 e. The quantitative estimate of drug-likeness (QED) is 0.602. The summed E-state index contributed by atoms with van der Waals surface area (Å²) in [5.74, 6) is -0.685. The van der Waals surface area contributed by atoms with Gasteiger partial charge in [0.1, 0.15) is 0 Å². The lowest BCUT2D eigenvalue weighted by molar-refractivity contribution is -0.115. The molecule has 0 spiro atoms. The number of carbonyl (C=O) groups is 1. The number of sulfone groups is 1. The van der Waals surface area contributed by atoms with E-state index in [1.807, 2.05) is 24.3 Å². The number of nitriles is 1. The third kappa shape index (κ3) is 6.43. The van der Waals surface area contributed by atoms with E-state index in [9.17, 15) is 13.2 Å². The average Bonchev–Trinajstić information content (AvgIpc) is 3.18. The molecule has 1 N–H and O–H groups in total. The summed E-state index contributed by atoms with van der Waals surface area (Å²) in [6.07, 6.45) is 4.51. The van der Waals surface area contributed by atoms with E-state index < -0.39 is 15.7 Å². The Bertz CT molecular complexity index is 1190. The Kier molecular flexibility index (Phi) is 6.78. The van der Waals surface area contributed by atoms with Crippen molar-refractivity contribution < 1.29 is 13.2 Å². The van der Waals surface area contributed by atoms with Gasteiger partial charge in [0.15, 0.2) is 9.84 Å². The molecule has 0 unspecified atom stereocenters. The van der Waals surface area contributed by atoms with Crippen molar-refractivity contribution in [2.75, 3.05) is 11.1 Å². The molecule has 152 valence electrons. The van der Waals surface area contributed by atoms with Gasteiger partial charge < -0.3 is 5.32 Å². The molecule has 7 nitrogen and oxygen atoms in total. The van der Waals surface area contributed by atoms with Gasteiger partial charge in [0, 0.05) is 18.0 Å². The van der Waals surface area contributed by atoms with Crippen LogP contribution in [0.4, 0.5) is 5.69 Å². The zero-order valence-electron chi connectivity index (χ0n) is 16.1. The molecule has 1 aromatic heterocycles. The molecular weight excluding hydrogens is 400 g/mol. The van der Waals surface area contributed by atoms with Crippen LogP contribution in [0.5, 0.6) is 0 Å². The van der Waals surface area contributed by atoms with Crippen LogP contribution >= 0.6 is 0 Å². The second kappa shape index (κ2) is 9.67. The maximum absolute atomic E-state index is 12.1. The van der Waals surface area contributed by atoms with E-state index >= 15 is 0 Å². The van der Waals surface area contributed by atoms with Crippen molar-refractivity contribution in [2.24, 2.45) is 0 Å². The summed E-state index contributed by atoms with van der Waals surface area (Å²) in [6.45, 7) is 0.448. The average molecular weight is 420 g/mol. The third-order valence-electron chi connectivity index (χ3n) is 4.20. The molecule has 0 atom stereocenters. The van der Waals surface area contributed by atoms with E-state index in [-0.39, 0.29) is 12.2 Å². The summed E-state index contributed by atoms with van der Waals surface area (Å²) in [7, 11) is -3.50. The van der Waals surface area contributed by atoms with Crippen LogP contribution in [0.2, 0.25) is 0 Å². The molecule has 0 aliphatic heterocycles. The van der Waals surface area contributed by atoms with Gasteiger partial charge in [-0.15, -0.1) is 0 Å². The van der Waals surface area contributed by atoms with Gasteiger partial charge in [-0.05, 0) is 29.3 Å². The molecule has 0 aliphatic carbocycles. The van der Waals surface area contributed by atoms with Crippen molar-refractivity contribution in [2.45, 2.75) is 13.0 Å². The van der Waals surface area contributed by atoms with Crippen molar-refractivity contribution in [3.8, 4) is 6.07 Å². The highest BCUT2D eigenvalue weighted by Crippen LogP contribution is 2.11. The molecule has 30 heavy (non-hydrogen) atoms. The summed E-state index contributed by atoms with van der Waals surface area (Å²) >= 11 is 0. The summed E-state index contributed by atoms with van der Waals surface area (Å²) in [5.41, 5.74) is 2.73. The number of amides is 1. The highest BCUT2D eigenvalue weighted by atomic mass is 32.2. The lowest BCUT2D eigenvalue weighted by Gasteiger charge is -2.03. The standard InChI is InChI=1S/C22H20N4O3S/c23-14-19-7-4-8-20(13-19)16-26-17-21(15-24-26)25-22(27)10-12-30(28,29)11-9-18-5-2-1-3-6-18/h1-9,11,13,15,17H,10,12,16H2,(H,25,27). The summed E-state index contributed by atoms with van der Waals surface area (Å²) in [4.78, 5) is 12.1. The Morgan fingerprint density at radius 3 is 2.73 bits per heavy atom. The number of nitrogens with one attached hydrogen (secondary N) is 1. The fraction of sp³-hybridized carbons (Fsp3) is 0.136. The molecule has 0 fully saturated rings. The van der Waals surface area contributed by atoms with Crippen LogP contribution < -0.4 is 5.32 Å². The van der Waals surface area contributed by atoms with Crippen LogP contribution in [0, 0.1) is 11.3 Å². The van der Waals surface area contributed by atoms with Gasteiger partial charge in [-0.2, -0.15) is 10.4 Å². The van der Waals surface area contributed by atoms with Crippen molar-refractivity contribution in [3.05, 3.63) is 89.1 Å². The predicted molar refractivity (Wildman–Crippen MR) is 115 cm³/mol. The monoisotopic (exact) mass is 420 g/mol. The summed E-state index contributed by atoms with van der Waals surface area (Å²) < 4.78 is 25.9. The fourth-order valence-corrected chi connectivity index (χ4v) is 3.68. The molecule has 0 aliphatic rings. The minimum Gasteiger partial charge on any atom is -0.323 e. The molecule has 3 aromatic rings. The van der Waals surface area contributed by atoms with E-state index in [1.54, 1.807) is 41.2 Å². The molecule has 1 amide bonds. The molecule has 0 saturated heterocycles. The maximum atomic E-state index is 12.1. The second-order valence-corrected chi connectivity index (χ2v) is 8.62. The number of hydrogen-bond donors (Lipinski definition) is 1. The van der Waals surface area contributed by atoms with Gasteiger partial charge in [0.05, 0.1) is 35.8 Å². The van der Waals surface area contributed by atoms with Crippen molar-refractivity contribution in [3.63, 3.8) is 0 Å². The summed E-state index contributed by atoms with van der Waals surface area (Å²) in [6, 6.07) is 18.4. The Balaban J connectivity index is 1.51. The fourth-order valence-electron chi connectivity index (χ4n) is 2.71. The van der Waals surface area contributed by atoms with Crippen molar-refractivity contribution in [1.29, 1.82) is 5.26 Å². The van der Waals surface area contributed by atoms with Gasteiger partial charge in [-0.1, -0.05) is 42.5 Å². The van der Waals surface area contributed by atoms with Gasteiger partial charge in [0.25, 0.3) is 0 Å². The zero-order chi connectivity index (χ0) is 21.4. The van der Waals surface area contributed by atoms with Crippen LogP contribution in [0.25, 0.3) is 6.08 Å². The third-order valence-corrected chi connectivity index (χ3v) is 5.52. The molecule has 0 radical (unpaired) electrons. The number of carbonyl (C=O) groups excluding carboxylic acids is 1. The van der Waals surface area contributed by atoms with E-state index in [0.29, 0.717) is 17.8 Å². The minimum absolute atomic E-state index is 0.156. The highest BCUT2D eigenvalue weighted by molar-refractivity contribution is 7.94. The maximum Gasteiger partial charge on any atom is 0.225 e. The lowest BCUT2D eigenvalue weighted by atomic mass is 10.1. The number of hydrogen-bond acceptors (Lipinski definition) is 5. The molecule has 0 bridgehead atoms. The van der Waals surface area contributed by atoms with E-state index in [2.05, 4.69) is 16.5 Å². The first-order valence-electron chi connectivity index (χ1n) is 9.21. The van der Waals surface area contributed by atoms with Crippen LogP contribution in [-0.2, 0) is 21.2 Å².